The molecule has 0 fully saturated rings. The van der Waals surface area contributed by atoms with Gasteiger partial charge in [-0.3, -0.25) is 0 Å². The average molecular weight is 313 g/mol. The number of benzene rings is 2. The molecule has 0 aliphatic rings. The van der Waals surface area contributed by atoms with Gasteiger partial charge in [0.25, 0.3) is 0 Å². The molecule has 0 saturated heterocycles. The molecule has 0 aliphatic carbocycles. The number of nitriles is 1. The van der Waals surface area contributed by atoms with E-state index in [2.05, 4.69) is 10.3 Å². The first-order valence-corrected chi connectivity index (χ1v) is 6.90. The molecule has 0 amide bonds. The summed E-state index contributed by atoms with van der Waals surface area (Å²) in [5.41, 5.74) is 2.53. The highest BCUT2D eigenvalue weighted by atomic mass is 35.5. The molecule has 1 aromatic heterocycles. The Morgan fingerprint density at radius 1 is 1.09 bits per heavy atom. The second-order valence-electron chi connectivity index (χ2n) is 4.69. The van der Waals surface area contributed by atoms with Crippen LogP contribution in [0.4, 0.5) is 4.39 Å². The van der Waals surface area contributed by atoms with E-state index in [1.807, 2.05) is 18.2 Å². The Kier molecular flexibility index (Phi) is 3.86. The van der Waals surface area contributed by atoms with Crippen LogP contribution in [0.2, 0.25) is 5.02 Å². The van der Waals surface area contributed by atoms with Crippen LogP contribution in [0.5, 0.6) is 0 Å². The third-order valence-corrected chi connectivity index (χ3v) is 3.48. The van der Waals surface area contributed by atoms with Gasteiger partial charge in [0.15, 0.2) is 5.69 Å². The summed E-state index contributed by atoms with van der Waals surface area (Å²) in [4.78, 5) is 0. The van der Waals surface area contributed by atoms with Crippen molar-refractivity contribution in [3.05, 3.63) is 76.3 Å². The standard InChI is InChI=1S/C16H10ClFN4/c17-12-3-1-11(2-4-12)9-16-15(10-19)20-21-22(16)14-7-5-13(18)6-8-14/h1-8H,9H2. The van der Waals surface area contributed by atoms with Crippen LogP contribution < -0.4 is 0 Å². The van der Waals surface area contributed by atoms with Crippen LogP contribution >= 0.6 is 11.6 Å². The summed E-state index contributed by atoms with van der Waals surface area (Å²) in [6, 6.07) is 15.2. The SMILES string of the molecule is N#Cc1nnn(-c2ccc(F)cc2)c1Cc1ccc(Cl)cc1. The van der Waals surface area contributed by atoms with Gasteiger partial charge in [-0.1, -0.05) is 28.9 Å². The Hall–Kier alpha value is -2.71. The Bertz CT molecular complexity index is 832. The Morgan fingerprint density at radius 3 is 2.41 bits per heavy atom. The second kappa shape index (κ2) is 5.96. The van der Waals surface area contributed by atoms with Crippen molar-refractivity contribution in [1.29, 1.82) is 5.26 Å². The molecule has 6 heteroatoms. The van der Waals surface area contributed by atoms with E-state index >= 15 is 0 Å². The average Bonchev–Trinajstić information content (AvgIpc) is 2.93. The van der Waals surface area contributed by atoms with E-state index in [9.17, 15) is 9.65 Å². The number of hydrogen-bond acceptors (Lipinski definition) is 3. The third-order valence-electron chi connectivity index (χ3n) is 3.23. The van der Waals surface area contributed by atoms with E-state index in [1.165, 1.54) is 12.1 Å². The zero-order chi connectivity index (χ0) is 15.5. The zero-order valence-corrected chi connectivity index (χ0v) is 12.1. The molecule has 0 saturated carbocycles. The van der Waals surface area contributed by atoms with Crippen LogP contribution in [0.3, 0.4) is 0 Å². The van der Waals surface area contributed by atoms with E-state index in [1.54, 1.807) is 28.9 Å². The Labute approximate surface area is 131 Å². The lowest BCUT2D eigenvalue weighted by Crippen LogP contribution is -2.04. The molecule has 3 aromatic rings. The highest BCUT2D eigenvalue weighted by Crippen LogP contribution is 2.18. The van der Waals surface area contributed by atoms with Crippen molar-refractivity contribution >= 4 is 11.6 Å². The van der Waals surface area contributed by atoms with Crippen LogP contribution in [0.1, 0.15) is 17.0 Å². The van der Waals surface area contributed by atoms with Gasteiger partial charge in [0.2, 0.25) is 0 Å². The lowest BCUT2D eigenvalue weighted by molar-refractivity contribution is 0.626. The molecule has 0 spiro atoms. The fourth-order valence-corrected chi connectivity index (χ4v) is 2.26. The summed E-state index contributed by atoms with van der Waals surface area (Å²) in [6.45, 7) is 0. The van der Waals surface area contributed by atoms with Crippen LogP contribution in [-0.2, 0) is 6.42 Å². The van der Waals surface area contributed by atoms with E-state index in [-0.39, 0.29) is 11.5 Å². The van der Waals surface area contributed by atoms with E-state index in [4.69, 9.17) is 11.6 Å². The zero-order valence-electron chi connectivity index (χ0n) is 11.4. The lowest BCUT2D eigenvalue weighted by atomic mass is 10.1. The minimum atomic E-state index is -0.330. The number of nitrogens with zero attached hydrogens (tertiary/aromatic N) is 4. The van der Waals surface area contributed by atoms with E-state index in [0.29, 0.717) is 22.8 Å². The molecule has 0 atom stereocenters. The molecule has 2 aromatic carbocycles. The largest absolute Gasteiger partial charge is 0.216 e. The summed E-state index contributed by atoms with van der Waals surface area (Å²) in [5, 5.41) is 17.7. The van der Waals surface area contributed by atoms with Gasteiger partial charge >= 0.3 is 0 Å². The van der Waals surface area contributed by atoms with Gasteiger partial charge in [0.1, 0.15) is 11.9 Å². The summed E-state index contributed by atoms with van der Waals surface area (Å²) in [7, 11) is 0. The van der Waals surface area contributed by atoms with Crippen molar-refractivity contribution in [3.8, 4) is 11.8 Å². The molecule has 0 unspecified atom stereocenters. The first-order valence-electron chi connectivity index (χ1n) is 6.52. The monoisotopic (exact) mass is 312 g/mol. The fourth-order valence-electron chi connectivity index (χ4n) is 2.13. The summed E-state index contributed by atoms with van der Waals surface area (Å²) >= 11 is 5.88. The smallest absolute Gasteiger partial charge is 0.186 e. The molecular weight excluding hydrogens is 303 g/mol. The Morgan fingerprint density at radius 2 is 1.77 bits per heavy atom. The normalized spacial score (nSPS) is 10.4. The summed E-state index contributed by atoms with van der Waals surface area (Å²) in [6.07, 6.45) is 0.477. The fraction of sp³-hybridized carbons (Fsp3) is 0.0625. The van der Waals surface area contributed by atoms with Gasteiger partial charge in [-0.2, -0.15) is 5.26 Å². The van der Waals surface area contributed by atoms with Gasteiger partial charge < -0.3 is 0 Å². The van der Waals surface area contributed by atoms with Crippen LogP contribution in [0.25, 0.3) is 5.69 Å². The lowest BCUT2D eigenvalue weighted by Gasteiger charge is -2.07. The highest BCUT2D eigenvalue weighted by molar-refractivity contribution is 6.30. The first kappa shape index (κ1) is 14.2. The van der Waals surface area contributed by atoms with E-state index < -0.39 is 0 Å². The van der Waals surface area contributed by atoms with Gasteiger partial charge in [-0.25, -0.2) is 9.07 Å². The molecule has 22 heavy (non-hydrogen) atoms. The van der Waals surface area contributed by atoms with Gasteiger partial charge in [0, 0.05) is 11.4 Å². The summed E-state index contributed by atoms with van der Waals surface area (Å²) < 4.78 is 14.6. The summed E-state index contributed by atoms with van der Waals surface area (Å²) in [5.74, 6) is -0.330. The quantitative estimate of drug-likeness (QED) is 0.743. The van der Waals surface area contributed by atoms with Crippen molar-refractivity contribution in [1.82, 2.24) is 15.0 Å². The molecule has 0 bridgehead atoms. The van der Waals surface area contributed by atoms with Crippen molar-refractivity contribution < 1.29 is 4.39 Å². The Balaban J connectivity index is 2.02. The molecule has 0 radical (unpaired) electrons. The third kappa shape index (κ3) is 2.83. The predicted molar refractivity (Wildman–Crippen MR) is 80.3 cm³/mol. The van der Waals surface area contributed by atoms with Crippen molar-refractivity contribution in [3.63, 3.8) is 0 Å². The number of rotatable bonds is 3. The van der Waals surface area contributed by atoms with Crippen molar-refractivity contribution in [2.24, 2.45) is 0 Å². The van der Waals surface area contributed by atoms with Gasteiger partial charge in [-0.15, -0.1) is 5.10 Å². The van der Waals surface area contributed by atoms with Gasteiger partial charge in [-0.05, 0) is 42.0 Å². The number of hydrogen-bond donors (Lipinski definition) is 0. The molecule has 3 rings (SSSR count). The number of halogens is 2. The molecule has 108 valence electrons. The number of aromatic nitrogens is 3. The maximum atomic E-state index is 13.0. The molecule has 0 N–H and O–H groups in total. The topological polar surface area (TPSA) is 54.5 Å². The molecular formula is C16H10ClFN4. The van der Waals surface area contributed by atoms with E-state index in [0.717, 1.165) is 5.56 Å². The van der Waals surface area contributed by atoms with Gasteiger partial charge in [0.05, 0.1) is 11.4 Å². The van der Waals surface area contributed by atoms with Crippen LogP contribution in [0.15, 0.2) is 48.5 Å². The second-order valence-corrected chi connectivity index (χ2v) is 5.12. The van der Waals surface area contributed by atoms with Crippen molar-refractivity contribution in [2.75, 3.05) is 0 Å². The minimum Gasteiger partial charge on any atom is -0.216 e. The highest BCUT2D eigenvalue weighted by Gasteiger charge is 2.14. The van der Waals surface area contributed by atoms with Crippen LogP contribution in [0, 0.1) is 17.1 Å². The molecule has 4 nitrogen and oxygen atoms in total. The molecule has 1 heterocycles. The minimum absolute atomic E-state index is 0.249. The maximum Gasteiger partial charge on any atom is 0.186 e. The molecule has 0 aliphatic heterocycles. The maximum absolute atomic E-state index is 13.0. The van der Waals surface area contributed by atoms with Crippen LogP contribution in [-0.4, -0.2) is 15.0 Å². The van der Waals surface area contributed by atoms with Crippen molar-refractivity contribution in [2.45, 2.75) is 6.42 Å². The first-order chi connectivity index (χ1) is 10.7. The predicted octanol–water partition coefficient (Wildman–Crippen LogP) is 3.52.